The first kappa shape index (κ1) is 14.5. The summed E-state index contributed by atoms with van der Waals surface area (Å²) in [5.74, 6) is -1.58. The molecule has 0 aliphatic heterocycles. The van der Waals surface area contributed by atoms with Crippen LogP contribution in [0.3, 0.4) is 0 Å². The monoisotopic (exact) mass is 336 g/mol. The van der Waals surface area contributed by atoms with Crippen LogP contribution in [0.15, 0.2) is 10.8 Å². The molecule has 1 rings (SSSR count). The van der Waals surface area contributed by atoms with Gasteiger partial charge in [-0.15, -0.1) is 13.2 Å². The lowest BCUT2D eigenvalue weighted by atomic mass is 10.2. The van der Waals surface area contributed by atoms with E-state index in [0.29, 0.717) is 6.20 Å². The normalized spacial score (nSPS) is 11.7. The van der Waals surface area contributed by atoms with E-state index in [1.54, 1.807) is 0 Å². The number of hydrogen-bond donors (Lipinski definition) is 0. The van der Waals surface area contributed by atoms with Gasteiger partial charge in [-0.3, -0.25) is 10.1 Å². The molecule has 0 bridgehead atoms. The molecule has 0 aromatic carbocycles. The standard InChI is InChI=1S/C7H2BrF5N2O3/c8-5-3(6(9)10)4(18-7(11,12)13)2(1-14-5)15(16)17/h1,6H. The van der Waals surface area contributed by atoms with Crippen molar-refractivity contribution in [3.05, 3.63) is 26.5 Å². The van der Waals surface area contributed by atoms with Gasteiger partial charge in [0.05, 0.1) is 4.92 Å². The Balaban J connectivity index is 3.48. The highest BCUT2D eigenvalue weighted by Crippen LogP contribution is 2.42. The molecule has 0 fully saturated rings. The van der Waals surface area contributed by atoms with Crippen LogP contribution in [0.25, 0.3) is 0 Å². The average Bonchev–Trinajstić information content (AvgIpc) is 2.13. The predicted molar refractivity (Wildman–Crippen MR) is 50.2 cm³/mol. The van der Waals surface area contributed by atoms with E-state index in [1.165, 1.54) is 0 Å². The number of nitro groups is 1. The van der Waals surface area contributed by atoms with E-state index in [4.69, 9.17) is 0 Å². The molecule has 0 atom stereocenters. The molecule has 0 spiro atoms. The van der Waals surface area contributed by atoms with Crippen LogP contribution in [-0.2, 0) is 0 Å². The molecule has 5 nitrogen and oxygen atoms in total. The molecule has 0 amide bonds. The van der Waals surface area contributed by atoms with E-state index in [0.717, 1.165) is 0 Å². The molecule has 1 heterocycles. The molecule has 100 valence electrons. The summed E-state index contributed by atoms with van der Waals surface area (Å²) >= 11 is 2.48. The van der Waals surface area contributed by atoms with Gasteiger partial charge in [-0.25, -0.2) is 13.8 Å². The second kappa shape index (κ2) is 5.00. The zero-order valence-corrected chi connectivity index (χ0v) is 9.63. The minimum absolute atomic E-state index is 0.386. The van der Waals surface area contributed by atoms with Gasteiger partial charge in [0.25, 0.3) is 6.43 Å². The third-order valence-corrected chi connectivity index (χ3v) is 2.26. The number of pyridine rings is 1. The molecule has 0 aliphatic rings. The molecule has 18 heavy (non-hydrogen) atoms. The summed E-state index contributed by atoms with van der Waals surface area (Å²) in [5, 5.41) is 10.5. The fourth-order valence-corrected chi connectivity index (χ4v) is 1.48. The molecule has 0 saturated carbocycles. The molecule has 0 radical (unpaired) electrons. The smallest absolute Gasteiger partial charge is 0.398 e. The van der Waals surface area contributed by atoms with Gasteiger partial charge in [0, 0.05) is 0 Å². The summed E-state index contributed by atoms with van der Waals surface area (Å²) in [7, 11) is 0. The second-order valence-electron chi connectivity index (χ2n) is 2.78. The Morgan fingerprint density at radius 3 is 2.39 bits per heavy atom. The van der Waals surface area contributed by atoms with E-state index in [9.17, 15) is 32.1 Å². The maximum Gasteiger partial charge on any atom is 0.573 e. The molecule has 1 aromatic heterocycles. The van der Waals surface area contributed by atoms with Crippen molar-refractivity contribution in [3.8, 4) is 5.75 Å². The third-order valence-electron chi connectivity index (χ3n) is 1.63. The number of halogens is 6. The Kier molecular flexibility index (Phi) is 4.04. The average molecular weight is 337 g/mol. The van der Waals surface area contributed by atoms with Gasteiger partial charge in [-0.2, -0.15) is 0 Å². The molecular weight excluding hydrogens is 335 g/mol. The van der Waals surface area contributed by atoms with E-state index in [-0.39, 0.29) is 0 Å². The number of nitrogens with zero attached hydrogens (tertiary/aromatic N) is 2. The summed E-state index contributed by atoms with van der Waals surface area (Å²) in [6.07, 6.45) is -8.38. The first-order valence-corrected chi connectivity index (χ1v) is 4.79. The van der Waals surface area contributed by atoms with Gasteiger partial charge in [0.15, 0.2) is 0 Å². The highest BCUT2D eigenvalue weighted by atomic mass is 79.9. The van der Waals surface area contributed by atoms with Crippen LogP contribution in [0.1, 0.15) is 12.0 Å². The number of aromatic nitrogens is 1. The van der Waals surface area contributed by atoms with Crippen molar-refractivity contribution in [2.45, 2.75) is 12.8 Å². The van der Waals surface area contributed by atoms with E-state index in [2.05, 4.69) is 25.7 Å². The van der Waals surface area contributed by atoms with Gasteiger partial charge >= 0.3 is 12.0 Å². The van der Waals surface area contributed by atoms with Crippen molar-refractivity contribution in [2.24, 2.45) is 0 Å². The maximum absolute atomic E-state index is 12.6. The number of ether oxygens (including phenoxy) is 1. The van der Waals surface area contributed by atoms with Crippen molar-refractivity contribution in [3.63, 3.8) is 0 Å². The number of hydrogen-bond acceptors (Lipinski definition) is 4. The Bertz CT molecular complexity index is 479. The Hall–Kier alpha value is -1.52. The van der Waals surface area contributed by atoms with E-state index >= 15 is 0 Å². The van der Waals surface area contributed by atoms with Crippen molar-refractivity contribution in [2.75, 3.05) is 0 Å². The fraction of sp³-hybridized carbons (Fsp3) is 0.286. The number of alkyl halides is 5. The molecule has 0 unspecified atom stereocenters. The van der Waals surface area contributed by atoms with Gasteiger partial charge in [0.1, 0.15) is 16.4 Å². The zero-order chi connectivity index (χ0) is 14.1. The van der Waals surface area contributed by atoms with E-state index < -0.39 is 39.3 Å². The van der Waals surface area contributed by atoms with Crippen LogP contribution in [0.4, 0.5) is 27.6 Å². The van der Waals surface area contributed by atoms with Crippen LogP contribution >= 0.6 is 15.9 Å². The summed E-state index contributed by atoms with van der Waals surface area (Å²) in [6, 6.07) is 0. The topological polar surface area (TPSA) is 65.3 Å². The van der Waals surface area contributed by atoms with Gasteiger partial charge in [0.2, 0.25) is 5.75 Å². The summed E-state index contributed by atoms with van der Waals surface area (Å²) in [5.41, 5.74) is -2.63. The maximum atomic E-state index is 12.6. The van der Waals surface area contributed by atoms with Gasteiger partial charge in [-0.1, -0.05) is 0 Å². The lowest BCUT2D eigenvalue weighted by Crippen LogP contribution is -2.19. The zero-order valence-electron chi connectivity index (χ0n) is 8.04. The van der Waals surface area contributed by atoms with Crippen LogP contribution in [0, 0.1) is 10.1 Å². The molecule has 11 heteroatoms. The van der Waals surface area contributed by atoms with Crippen molar-refractivity contribution < 1.29 is 31.6 Å². The summed E-state index contributed by atoms with van der Waals surface area (Å²) in [6.45, 7) is 0. The fourth-order valence-electron chi connectivity index (χ4n) is 1.02. The second-order valence-corrected chi connectivity index (χ2v) is 3.53. The van der Waals surface area contributed by atoms with Crippen molar-refractivity contribution in [1.29, 1.82) is 0 Å². The first-order chi connectivity index (χ1) is 8.13. The highest BCUT2D eigenvalue weighted by molar-refractivity contribution is 9.10. The lowest BCUT2D eigenvalue weighted by Gasteiger charge is -2.13. The lowest BCUT2D eigenvalue weighted by molar-refractivity contribution is -0.389. The summed E-state index contributed by atoms with van der Waals surface area (Å²) < 4.78 is 63.8. The quantitative estimate of drug-likeness (QED) is 0.366. The van der Waals surface area contributed by atoms with Crippen molar-refractivity contribution >= 4 is 21.6 Å². The molecule has 0 saturated heterocycles. The molecule has 0 aliphatic carbocycles. The predicted octanol–water partition coefficient (Wildman–Crippen LogP) is 3.59. The summed E-state index contributed by atoms with van der Waals surface area (Å²) in [4.78, 5) is 12.3. The SMILES string of the molecule is O=[N+]([O-])c1cnc(Br)c(C(F)F)c1OC(F)(F)F. The molecular formula is C7H2BrF5N2O3. The van der Waals surface area contributed by atoms with Gasteiger partial charge in [-0.05, 0) is 15.9 Å². The Morgan fingerprint density at radius 2 is 2.00 bits per heavy atom. The highest BCUT2D eigenvalue weighted by Gasteiger charge is 2.38. The van der Waals surface area contributed by atoms with Crippen LogP contribution < -0.4 is 4.74 Å². The minimum Gasteiger partial charge on any atom is -0.398 e. The molecule has 1 aromatic rings. The van der Waals surface area contributed by atoms with Gasteiger partial charge < -0.3 is 4.74 Å². The van der Waals surface area contributed by atoms with Crippen LogP contribution in [0.2, 0.25) is 0 Å². The van der Waals surface area contributed by atoms with Crippen LogP contribution in [-0.4, -0.2) is 16.3 Å². The molecule has 0 N–H and O–H groups in total. The first-order valence-electron chi connectivity index (χ1n) is 4.00. The van der Waals surface area contributed by atoms with E-state index in [1.807, 2.05) is 0 Å². The van der Waals surface area contributed by atoms with Crippen molar-refractivity contribution in [1.82, 2.24) is 4.98 Å². The minimum atomic E-state index is -5.34. The third kappa shape index (κ3) is 3.24. The van der Waals surface area contributed by atoms with Crippen LogP contribution in [0.5, 0.6) is 5.75 Å². The Labute approximate surface area is 104 Å². The largest absolute Gasteiger partial charge is 0.573 e. The number of rotatable bonds is 3. The Morgan fingerprint density at radius 1 is 1.44 bits per heavy atom.